The van der Waals surface area contributed by atoms with Crippen molar-refractivity contribution in [2.45, 2.75) is 38.3 Å². The second-order valence-corrected chi connectivity index (χ2v) is 5.90. The van der Waals surface area contributed by atoms with Crippen LogP contribution < -0.4 is 11.2 Å². The molecular formula is C13H24N2O4. The summed E-state index contributed by atoms with van der Waals surface area (Å²) < 4.78 is 10.6. The monoisotopic (exact) mass is 272 g/mol. The molecule has 0 radical (unpaired) electrons. The van der Waals surface area contributed by atoms with Gasteiger partial charge in [0.25, 0.3) is 5.91 Å². The van der Waals surface area contributed by atoms with Crippen LogP contribution in [0.5, 0.6) is 0 Å². The maximum atomic E-state index is 12.3. The topological polar surface area (TPSA) is 82.8 Å². The molecule has 19 heavy (non-hydrogen) atoms. The standard InChI is InChI=1S/C13H24N2O4/c1-12(2)10-9(5-4-6-18-10)13(12,14)11(16)15-19-8-7-17-3/h9-10H,4-8,14H2,1-3H3,(H,15,16). The Hall–Kier alpha value is -0.690. The van der Waals surface area contributed by atoms with E-state index in [1.807, 2.05) is 13.8 Å². The third kappa shape index (κ3) is 2.16. The molecule has 1 saturated heterocycles. The van der Waals surface area contributed by atoms with Gasteiger partial charge >= 0.3 is 0 Å². The molecule has 2 fully saturated rings. The lowest BCUT2D eigenvalue weighted by Gasteiger charge is -2.64. The van der Waals surface area contributed by atoms with Crippen molar-refractivity contribution in [3.8, 4) is 0 Å². The molecule has 2 rings (SSSR count). The second-order valence-electron chi connectivity index (χ2n) is 5.90. The fourth-order valence-electron chi connectivity index (χ4n) is 3.36. The van der Waals surface area contributed by atoms with Crippen molar-refractivity contribution in [3.05, 3.63) is 0 Å². The van der Waals surface area contributed by atoms with Gasteiger partial charge in [0.1, 0.15) is 5.54 Å². The van der Waals surface area contributed by atoms with Crippen molar-refractivity contribution in [2.75, 3.05) is 26.9 Å². The van der Waals surface area contributed by atoms with Crippen molar-refractivity contribution in [3.63, 3.8) is 0 Å². The number of nitrogens with one attached hydrogen (secondary N) is 1. The summed E-state index contributed by atoms with van der Waals surface area (Å²) >= 11 is 0. The maximum absolute atomic E-state index is 12.3. The summed E-state index contributed by atoms with van der Waals surface area (Å²) in [5.74, 6) is -0.192. The summed E-state index contributed by atoms with van der Waals surface area (Å²) in [6.45, 7) is 5.45. The Bertz CT molecular complexity index is 348. The van der Waals surface area contributed by atoms with E-state index in [-0.39, 0.29) is 23.3 Å². The minimum Gasteiger partial charge on any atom is -0.382 e. The highest BCUT2D eigenvalue weighted by Gasteiger charge is 2.70. The number of amides is 1. The Morgan fingerprint density at radius 1 is 1.47 bits per heavy atom. The normalized spacial score (nSPS) is 36.2. The number of hydrogen-bond acceptors (Lipinski definition) is 5. The number of methoxy groups -OCH3 is 1. The number of nitrogens with two attached hydrogens (primary N) is 1. The van der Waals surface area contributed by atoms with Gasteiger partial charge in [0.15, 0.2) is 0 Å². The van der Waals surface area contributed by atoms with Crippen molar-refractivity contribution in [1.82, 2.24) is 5.48 Å². The molecular weight excluding hydrogens is 248 g/mol. The highest BCUT2D eigenvalue weighted by atomic mass is 16.7. The lowest BCUT2D eigenvalue weighted by atomic mass is 9.46. The number of ether oxygens (including phenoxy) is 2. The Labute approximate surface area is 113 Å². The first-order valence-corrected chi connectivity index (χ1v) is 6.78. The first-order valence-electron chi connectivity index (χ1n) is 6.78. The van der Waals surface area contributed by atoms with Crippen molar-refractivity contribution in [2.24, 2.45) is 17.1 Å². The lowest BCUT2D eigenvalue weighted by Crippen LogP contribution is -2.82. The Kier molecular flexibility index (Phi) is 4.15. The Balaban J connectivity index is 1.98. The number of fused-ring (bicyclic) bond motifs is 1. The molecule has 1 amide bonds. The fraction of sp³-hybridized carbons (Fsp3) is 0.923. The lowest BCUT2D eigenvalue weighted by molar-refractivity contribution is -0.230. The third-order valence-electron chi connectivity index (χ3n) is 4.61. The SMILES string of the molecule is COCCONC(=O)C1(N)C2CCCOC2C1(C)C. The molecule has 1 aliphatic heterocycles. The first-order chi connectivity index (χ1) is 8.96. The van der Waals surface area contributed by atoms with E-state index in [2.05, 4.69) is 5.48 Å². The van der Waals surface area contributed by atoms with E-state index in [9.17, 15) is 4.79 Å². The van der Waals surface area contributed by atoms with E-state index < -0.39 is 5.54 Å². The molecule has 6 heteroatoms. The Morgan fingerprint density at radius 3 is 2.89 bits per heavy atom. The van der Waals surface area contributed by atoms with E-state index in [0.717, 1.165) is 19.4 Å². The molecule has 0 spiro atoms. The van der Waals surface area contributed by atoms with Gasteiger partial charge in [0, 0.05) is 25.0 Å². The third-order valence-corrected chi connectivity index (χ3v) is 4.61. The van der Waals surface area contributed by atoms with Crippen LogP contribution in [0.25, 0.3) is 0 Å². The number of rotatable bonds is 5. The summed E-state index contributed by atoms with van der Waals surface area (Å²) in [6.07, 6.45) is 1.94. The molecule has 0 aromatic rings. The van der Waals surface area contributed by atoms with Gasteiger partial charge in [-0.1, -0.05) is 13.8 Å². The minimum atomic E-state index is -0.925. The van der Waals surface area contributed by atoms with E-state index in [0.29, 0.717) is 13.2 Å². The zero-order chi connectivity index (χ0) is 14.1. The maximum Gasteiger partial charge on any atom is 0.264 e. The average molecular weight is 272 g/mol. The first kappa shape index (κ1) is 14.7. The summed E-state index contributed by atoms with van der Waals surface area (Å²) in [6, 6.07) is 0. The van der Waals surface area contributed by atoms with E-state index in [1.165, 1.54) is 0 Å². The van der Waals surface area contributed by atoms with Crippen LogP contribution >= 0.6 is 0 Å². The van der Waals surface area contributed by atoms with Gasteiger partial charge in [-0.25, -0.2) is 5.48 Å². The van der Waals surface area contributed by atoms with Crippen molar-refractivity contribution < 1.29 is 19.1 Å². The van der Waals surface area contributed by atoms with Gasteiger partial charge in [-0.15, -0.1) is 0 Å². The molecule has 6 nitrogen and oxygen atoms in total. The van der Waals surface area contributed by atoms with Crippen LogP contribution in [0.3, 0.4) is 0 Å². The largest absolute Gasteiger partial charge is 0.382 e. The van der Waals surface area contributed by atoms with Gasteiger partial charge in [-0.3, -0.25) is 9.63 Å². The number of hydrogen-bond donors (Lipinski definition) is 2. The van der Waals surface area contributed by atoms with Crippen LogP contribution in [0.2, 0.25) is 0 Å². The number of carbonyl (C=O) groups is 1. The highest BCUT2D eigenvalue weighted by molar-refractivity contribution is 5.88. The predicted molar refractivity (Wildman–Crippen MR) is 69.1 cm³/mol. The second kappa shape index (κ2) is 5.36. The number of carbonyl (C=O) groups excluding carboxylic acids is 1. The summed E-state index contributed by atoms with van der Waals surface area (Å²) in [7, 11) is 1.58. The van der Waals surface area contributed by atoms with Crippen LogP contribution in [-0.4, -0.2) is 44.5 Å². The minimum absolute atomic E-state index is 0.0657. The molecule has 1 aliphatic carbocycles. The van der Waals surface area contributed by atoms with Crippen LogP contribution in [0.4, 0.5) is 0 Å². The van der Waals surface area contributed by atoms with Crippen LogP contribution in [0, 0.1) is 11.3 Å². The Morgan fingerprint density at radius 2 is 2.21 bits per heavy atom. The molecule has 0 aromatic heterocycles. The van der Waals surface area contributed by atoms with Gasteiger partial charge in [0.2, 0.25) is 0 Å². The van der Waals surface area contributed by atoms with Crippen LogP contribution in [0.1, 0.15) is 26.7 Å². The summed E-state index contributed by atoms with van der Waals surface area (Å²) in [5.41, 5.74) is 7.53. The molecule has 3 unspecified atom stereocenters. The van der Waals surface area contributed by atoms with Crippen molar-refractivity contribution >= 4 is 5.91 Å². The van der Waals surface area contributed by atoms with E-state index in [1.54, 1.807) is 7.11 Å². The molecule has 3 atom stereocenters. The molecule has 0 bridgehead atoms. The van der Waals surface area contributed by atoms with Gasteiger partial charge < -0.3 is 15.2 Å². The molecule has 1 saturated carbocycles. The van der Waals surface area contributed by atoms with Gasteiger partial charge in [-0.2, -0.15) is 0 Å². The molecule has 110 valence electrons. The van der Waals surface area contributed by atoms with E-state index in [4.69, 9.17) is 20.0 Å². The van der Waals surface area contributed by atoms with E-state index >= 15 is 0 Å². The summed E-state index contributed by atoms with van der Waals surface area (Å²) in [5, 5.41) is 0. The van der Waals surface area contributed by atoms with Crippen molar-refractivity contribution in [1.29, 1.82) is 0 Å². The average Bonchev–Trinajstić information content (AvgIpc) is 2.42. The highest BCUT2D eigenvalue weighted by Crippen LogP contribution is 2.57. The molecule has 2 aliphatic rings. The summed E-state index contributed by atoms with van der Waals surface area (Å²) in [4.78, 5) is 17.4. The van der Waals surface area contributed by atoms with Gasteiger partial charge in [-0.05, 0) is 12.8 Å². The molecule has 3 N–H and O–H groups in total. The fourth-order valence-corrected chi connectivity index (χ4v) is 3.36. The molecule has 0 aromatic carbocycles. The van der Waals surface area contributed by atoms with Crippen LogP contribution in [0.15, 0.2) is 0 Å². The number of hydroxylamine groups is 1. The zero-order valence-corrected chi connectivity index (χ0v) is 11.9. The smallest absolute Gasteiger partial charge is 0.264 e. The van der Waals surface area contributed by atoms with Crippen LogP contribution in [-0.2, 0) is 19.1 Å². The zero-order valence-electron chi connectivity index (χ0n) is 11.9. The predicted octanol–water partition coefficient (Wildman–Crippen LogP) is 0.213. The quantitative estimate of drug-likeness (QED) is 0.552. The molecule has 1 heterocycles. The van der Waals surface area contributed by atoms with Gasteiger partial charge in [0.05, 0.1) is 19.3 Å².